The first kappa shape index (κ1) is 19.9. The van der Waals surface area contributed by atoms with Gasteiger partial charge in [0.1, 0.15) is 5.75 Å². The molecule has 2 N–H and O–H groups in total. The maximum atomic E-state index is 12.6. The van der Waals surface area contributed by atoms with Gasteiger partial charge < -0.3 is 15.4 Å². The van der Waals surface area contributed by atoms with Crippen molar-refractivity contribution in [3.8, 4) is 5.75 Å². The molecule has 148 valence electrons. The van der Waals surface area contributed by atoms with Crippen LogP contribution in [-0.4, -0.2) is 17.9 Å². The van der Waals surface area contributed by atoms with E-state index in [1.54, 1.807) is 0 Å². The fraction of sp³-hybridized carbons (Fsp3) is 0.391. The van der Waals surface area contributed by atoms with Crippen LogP contribution in [0, 0.1) is 11.8 Å². The lowest BCUT2D eigenvalue weighted by Gasteiger charge is -2.14. The van der Waals surface area contributed by atoms with Crippen molar-refractivity contribution in [3.05, 3.63) is 54.1 Å². The van der Waals surface area contributed by atoms with Crippen molar-refractivity contribution < 1.29 is 14.3 Å². The van der Waals surface area contributed by atoms with E-state index in [9.17, 15) is 9.59 Å². The van der Waals surface area contributed by atoms with E-state index in [2.05, 4.69) is 24.5 Å². The first-order valence-corrected chi connectivity index (χ1v) is 9.82. The van der Waals surface area contributed by atoms with Crippen LogP contribution >= 0.6 is 0 Å². The molecule has 28 heavy (non-hydrogen) atoms. The molecular formula is C23H28N2O3. The predicted octanol–water partition coefficient (Wildman–Crippen LogP) is 4.81. The number of carbonyl (C=O) groups excluding carboxylic acids is 2. The first-order chi connectivity index (χ1) is 13.3. The molecule has 0 heterocycles. The smallest absolute Gasteiger partial charge is 0.228 e. The van der Waals surface area contributed by atoms with Gasteiger partial charge in [-0.2, -0.15) is 0 Å². The summed E-state index contributed by atoms with van der Waals surface area (Å²) in [7, 11) is 0. The second kappa shape index (κ2) is 8.46. The van der Waals surface area contributed by atoms with E-state index in [4.69, 9.17) is 4.74 Å². The van der Waals surface area contributed by atoms with Gasteiger partial charge in [0.25, 0.3) is 0 Å². The Hall–Kier alpha value is -2.82. The summed E-state index contributed by atoms with van der Waals surface area (Å²) in [5, 5.41) is 5.82. The van der Waals surface area contributed by atoms with Crippen LogP contribution in [-0.2, 0) is 9.59 Å². The number of rotatable bonds is 7. The molecule has 2 atom stereocenters. The largest absolute Gasteiger partial charge is 0.489 e. The van der Waals surface area contributed by atoms with Crippen LogP contribution < -0.4 is 15.4 Å². The van der Waals surface area contributed by atoms with Gasteiger partial charge in [0, 0.05) is 5.69 Å². The van der Waals surface area contributed by atoms with Crippen molar-refractivity contribution in [3.63, 3.8) is 0 Å². The van der Waals surface area contributed by atoms with Gasteiger partial charge in [0.2, 0.25) is 11.8 Å². The Morgan fingerprint density at radius 1 is 0.893 bits per heavy atom. The molecular weight excluding hydrogens is 352 g/mol. The summed E-state index contributed by atoms with van der Waals surface area (Å²) in [4.78, 5) is 25.0. The Morgan fingerprint density at radius 3 is 2.11 bits per heavy atom. The number of benzene rings is 2. The van der Waals surface area contributed by atoms with E-state index >= 15 is 0 Å². The average molecular weight is 380 g/mol. The zero-order chi connectivity index (χ0) is 20.3. The van der Waals surface area contributed by atoms with E-state index < -0.39 is 0 Å². The molecule has 1 saturated carbocycles. The molecule has 0 aliphatic heterocycles. The molecule has 3 rings (SSSR count). The molecule has 5 heteroatoms. The number of nitrogens with one attached hydrogen (secondary N) is 2. The molecule has 5 nitrogen and oxygen atoms in total. The third-order valence-electron chi connectivity index (χ3n) is 4.82. The molecule has 1 aliphatic rings. The summed E-state index contributed by atoms with van der Waals surface area (Å²) in [5.74, 6) is 0.242. The van der Waals surface area contributed by atoms with Crippen molar-refractivity contribution in [2.45, 2.75) is 46.1 Å². The third kappa shape index (κ3) is 4.91. The molecule has 1 fully saturated rings. The van der Waals surface area contributed by atoms with Crippen LogP contribution in [0.25, 0.3) is 0 Å². The van der Waals surface area contributed by atoms with Crippen molar-refractivity contribution in [2.75, 3.05) is 10.6 Å². The minimum absolute atomic E-state index is 0.0135. The third-order valence-corrected chi connectivity index (χ3v) is 4.82. The SMILES string of the molecule is CC(C)Oc1ccccc1NC(=O)C1CC1C(=O)Nc1ccc(C(C)C)cc1. The second-order valence-electron chi connectivity index (χ2n) is 7.87. The zero-order valence-corrected chi connectivity index (χ0v) is 16.9. The molecule has 2 amide bonds. The Labute approximate surface area is 166 Å². The van der Waals surface area contributed by atoms with Crippen LogP contribution in [0.2, 0.25) is 0 Å². The van der Waals surface area contributed by atoms with E-state index in [1.807, 2.05) is 62.4 Å². The highest BCUT2D eigenvalue weighted by Gasteiger charge is 2.48. The van der Waals surface area contributed by atoms with Crippen LogP contribution in [0.5, 0.6) is 5.75 Å². The predicted molar refractivity (Wildman–Crippen MR) is 112 cm³/mol. The molecule has 0 saturated heterocycles. The van der Waals surface area contributed by atoms with Gasteiger partial charge in [-0.05, 0) is 56.0 Å². The van der Waals surface area contributed by atoms with Crippen LogP contribution in [0.3, 0.4) is 0 Å². The van der Waals surface area contributed by atoms with E-state index in [1.165, 1.54) is 5.56 Å². The number of hydrogen-bond donors (Lipinski definition) is 2. The van der Waals surface area contributed by atoms with Gasteiger partial charge in [-0.15, -0.1) is 0 Å². The number of ether oxygens (including phenoxy) is 1. The summed E-state index contributed by atoms with van der Waals surface area (Å²) in [6.45, 7) is 8.14. The number of hydrogen-bond acceptors (Lipinski definition) is 3. The molecule has 0 radical (unpaired) electrons. The molecule has 0 aromatic heterocycles. The summed E-state index contributed by atoms with van der Waals surface area (Å²) in [6.07, 6.45) is 0.578. The maximum absolute atomic E-state index is 12.6. The van der Waals surface area contributed by atoms with Crippen molar-refractivity contribution in [1.82, 2.24) is 0 Å². The van der Waals surface area contributed by atoms with Crippen LogP contribution in [0.1, 0.15) is 45.6 Å². The van der Waals surface area contributed by atoms with Crippen LogP contribution in [0.4, 0.5) is 11.4 Å². The van der Waals surface area contributed by atoms with Gasteiger partial charge in [-0.1, -0.05) is 38.1 Å². The van der Waals surface area contributed by atoms with Gasteiger partial charge in [-0.25, -0.2) is 0 Å². The molecule has 2 aromatic rings. The molecule has 1 aliphatic carbocycles. The highest BCUT2D eigenvalue weighted by molar-refractivity contribution is 6.03. The summed E-state index contributed by atoms with van der Waals surface area (Å²) >= 11 is 0. The van der Waals surface area contributed by atoms with Crippen molar-refractivity contribution in [1.29, 1.82) is 0 Å². The Kier molecular flexibility index (Phi) is 6.02. The Bertz CT molecular complexity index is 843. The summed E-state index contributed by atoms with van der Waals surface area (Å²) in [5.41, 5.74) is 2.62. The lowest BCUT2D eigenvalue weighted by Crippen LogP contribution is -2.21. The highest BCUT2D eigenvalue weighted by atomic mass is 16.5. The van der Waals surface area contributed by atoms with E-state index in [0.717, 1.165) is 5.69 Å². The molecule has 0 spiro atoms. The average Bonchev–Trinajstić information content (AvgIpc) is 3.44. The lowest BCUT2D eigenvalue weighted by atomic mass is 10.0. The second-order valence-corrected chi connectivity index (χ2v) is 7.87. The fourth-order valence-electron chi connectivity index (χ4n) is 3.11. The maximum Gasteiger partial charge on any atom is 0.228 e. The molecule has 2 unspecified atom stereocenters. The summed E-state index contributed by atoms with van der Waals surface area (Å²) < 4.78 is 5.73. The summed E-state index contributed by atoms with van der Waals surface area (Å²) in [6, 6.07) is 15.2. The minimum Gasteiger partial charge on any atom is -0.489 e. The number of carbonyl (C=O) groups is 2. The van der Waals surface area contributed by atoms with Gasteiger partial charge >= 0.3 is 0 Å². The van der Waals surface area contributed by atoms with Crippen molar-refractivity contribution in [2.24, 2.45) is 11.8 Å². The number of anilines is 2. The van der Waals surface area contributed by atoms with Crippen LogP contribution in [0.15, 0.2) is 48.5 Å². The topological polar surface area (TPSA) is 67.4 Å². The zero-order valence-electron chi connectivity index (χ0n) is 16.9. The molecule has 0 bridgehead atoms. The fourth-order valence-corrected chi connectivity index (χ4v) is 3.11. The Balaban J connectivity index is 1.56. The first-order valence-electron chi connectivity index (χ1n) is 9.82. The quantitative estimate of drug-likeness (QED) is 0.724. The number of amides is 2. The van der Waals surface area contributed by atoms with E-state index in [-0.39, 0.29) is 29.8 Å². The monoisotopic (exact) mass is 380 g/mol. The molecule has 2 aromatic carbocycles. The van der Waals surface area contributed by atoms with Gasteiger partial charge in [-0.3, -0.25) is 9.59 Å². The van der Waals surface area contributed by atoms with E-state index in [0.29, 0.717) is 23.8 Å². The van der Waals surface area contributed by atoms with Crippen molar-refractivity contribution >= 4 is 23.2 Å². The minimum atomic E-state index is -0.304. The lowest BCUT2D eigenvalue weighted by molar-refractivity contribution is -0.122. The van der Waals surface area contributed by atoms with Gasteiger partial charge in [0.15, 0.2) is 0 Å². The van der Waals surface area contributed by atoms with Gasteiger partial charge in [0.05, 0.1) is 23.6 Å². The highest BCUT2D eigenvalue weighted by Crippen LogP contribution is 2.41. The Morgan fingerprint density at radius 2 is 1.50 bits per heavy atom. The standard InChI is InChI=1S/C23H28N2O3/c1-14(2)16-9-11-17(12-10-16)24-22(26)18-13-19(18)23(27)25-20-7-5-6-8-21(20)28-15(3)4/h5-12,14-15,18-19H,13H2,1-4H3,(H,24,26)(H,25,27). The number of para-hydroxylation sites is 2. The normalized spacial score (nSPS) is 18.1.